The summed E-state index contributed by atoms with van der Waals surface area (Å²) in [4.78, 5) is 0.183. The van der Waals surface area contributed by atoms with Gasteiger partial charge in [0.1, 0.15) is 0 Å². The van der Waals surface area contributed by atoms with Crippen molar-refractivity contribution in [3.8, 4) is 0 Å². The van der Waals surface area contributed by atoms with Gasteiger partial charge in [-0.1, -0.05) is 32.9 Å². The van der Waals surface area contributed by atoms with E-state index in [4.69, 9.17) is 0 Å². The number of hydrogen-bond acceptors (Lipinski definition) is 2. The summed E-state index contributed by atoms with van der Waals surface area (Å²) in [5.74, 6) is -0.864. The summed E-state index contributed by atoms with van der Waals surface area (Å²) in [7, 11) is -3.70. The highest BCUT2D eigenvalue weighted by molar-refractivity contribution is 7.89. The first-order valence-electron chi connectivity index (χ1n) is 8.07. The van der Waals surface area contributed by atoms with Gasteiger partial charge in [0, 0.05) is 19.0 Å². The van der Waals surface area contributed by atoms with Gasteiger partial charge in [-0.25, -0.2) is 17.2 Å². The fraction of sp³-hybridized carbons (Fsp3) is 0.647. The van der Waals surface area contributed by atoms with Crippen LogP contribution in [0.25, 0.3) is 0 Å². The Morgan fingerprint density at radius 1 is 1.26 bits per heavy atom. The Kier molecular flexibility index (Phi) is 5.46. The van der Waals surface area contributed by atoms with Gasteiger partial charge in [0.2, 0.25) is 16.4 Å². The molecule has 1 atom stereocenters. The molecule has 1 saturated heterocycles. The second-order valence-corrected chi connectivity index (χ2v) is 8.80. The Labute approximate surface area is 137 Å². The summed E-state index contributed by atoms with van der Waals surface area (Å²) in [5.41, 5.74) is 1.05. The normalized spacial score (nSPS) is 20.9. The minimum atomic E-state index is -3.70. The zero-order chi connectivity index (χ0) is 17.3. The fourth-order valence-corrected chi connectivity index (χ4v) is 4.36. The fourth-order valence-electron chi connectivity index (χ4n) is 2.83. The summed E-state index contributed by atoms with van der Waals surface area (Å²) in [6, 6.07) is 6.83. The van der Waals surface area contributed by atoms with E-state index in [1.165, 1.54) is 4.31 Å². The zero-order valence-electron chi connectivity index (χ0n) is 13.9. The summed E-state index contributed by atoms with van der Waals surface area (Å²) in [6.45, 7) is 6.52. The predicted molar refractivity (Wildman–Crippen MR) is 87.2 cm³/mol. The van der Waals surface area contributed by atoms with Crippen LogP contribution in [0.15, 0.2) is 29.2 Å². The molecule has 2 rings (SSSR count). The van der Waals surface area contributed by atoms with Crippen molar-refractivity contribution >= 4 is 10.0 Å². The first-order chi connectivity index (χ1) is 10.7. The van der Waals surface area contributed by atoms with Gasteiger partial charge in [0.25, 0.3) is 0 Å². The molecule has 1 unspecified atom stereocenters. The second kappa shape index (κ2) is 6.85. The molecule has 1 aliphatic heterocycles. The van der Waals surface area contributed by atoms with Gasteiger partial charge < -0.3 is 0 Å². The molecule has 0 spiro atoms. The van der Waals surface area contributed by atoms with Crippen LogP contribution in [0.5, 0.6) is 0 Å². The van der Waals surface area contributed by atoms with Crippen LogP contribution in [0, 0.1) is 5.92 Å². The molecule has 3 nitrogen and oxygen atoms in total. The molecule has 0 aromatic heterocycles. The SMILES string of the molecule is CCC(C)(C)c1ccc(S(=O)(=O)N2CCCC(C(F)F)C2)cc1. The number of nitrogens with zero attached hydrogens (tertiary/aromatic N) is 1. The number of hydrogen-bond donors (Lipinski definition) is 0. The quantitative estimate of drug-likeness (QED) is 0.808. The Bertz CT molecular complexity index is 626. The van der Waals surface area contributed by atoms with Crippen LogP contribution in [-0.2, 0) is 15.4 Å². The largest absolute Gasteiger partial charge is 0.243 e. The maximum absolute atomic E-state index is 12.9. The third-order valence-electron chi connectivity index (χ3n) is 4.93. The lowest BCUT2D eigenvalue weighted by atomic mass is 9.82. The van der Waals surface area contributed by atoms with Crippen LogP contribution >= 0.6 is 0 Å². The van der Waals surface area contributed by atoms with Gasteiger partial charge in [-0.05, 0) is 42.4 Å². The van der Waals surface area contributed by atoms with E-state index in [9.17, 15) is 17.2 Å². The smallest absolute Gasteiger partial charge is 0.210 e. The molecule has 1 fully saturated rings. The van der Waals surface area contributed by atoms with E-state index in [1.54, 1.807) is 12.1 Å². The molecule has 6 heteroatoms. The number of sulfonamides is 1. The van der Waals surface area contributed by atoms with Gasteiger partial charge >= 0.3 is 0 Å². The molecular weight excluding hydrogens is 320 g/mol. The van der Waals surface area contributed by atoms with Gasteiger partial charge in [-0.15, -0.1) is 0 Å². The Morgan fingerprint density at radius 3 is 2.39 bits per heavy atom. The highest BCUT2D eigenvalue weighted by atomic mass is 32.2. The molecule has 0 amide bonds. The number of benzene rings is 1. The standard InChI is InChI=1S/C17H25F2NO2S/c1-4-17(2,3)14-7-9-15(10-8-14)23(21,22)20-11-5-6-13(12-20)16(18)19/h7-10,13,16H,4-6,11-12H2,1-3H3. The number of alkyl halides is 2. The summed E-state index contributed by atoms with van der Waals surface area (Å²) < 4.78 is 52.3. The number of rotatable bonds is 5. The van der Waals surface area contributed by atoms with Crippen molar-refractivity contribution in [2.24, 2.45) is 5.92 Å². The van der Waals surface area contributed by atoms with Crippen molar-refractivity contribution in [1.29, 1.82) is 0 Å². The Morgan fingerprint density at radius 2 is 1.87 bits per heavy atom. The second-order valence-electron chi connectivity index (χ2n) is 6.86. The molecule has 0 N–H and O–H groups in total. The molecule has 0 bridgehead atoms. The van der Waals surface area contributed by atoms with E-state index in [0.29, 0.717) is 19.4 Å². The van der Waals surface area contributed by atoms with Gasteiger partial charge in [-0.2, -0.15) is 4.31 Å². The third-order valence-corrected chi connectivity index (χ3v) is 6.81. The highest BCUT2D eigenvalue weighted by Gasteiger charge is 2.34. The Hall–Kier alpha value is -1.01. The summed E-state index contributed by atoms with van der Waals surface area (Å²) >= 11 is 0. The average molecular weight is 345 g/mol. The molecule has 0 saturated carbocycles. The molecule has 130 valence electrons. The van der Waals surface area contributed by atoms with E-state index in [0.717, 1.165) is 12.0 Å². The first kappa shape index (κ1) is 18.3. The first-order valence-corrected chi connectivity index (χ1v) is 9.51. The van der Waals surface area contributed by atoms with Crippen LogP contribution in [0.4, 0.5) is 8.78 Å². The molecule has 0 aliphatic carbocycles. The van der Waals surface area contributed by atoms with E-state index in [-0.39, 0.29) is 16.9 Å². The molecular formula is C17H25F2NO2S. The molecule has 1 heterocycles. The lowest BCUT2D eigenvalue weighted by molar-refractivity contribution is 0.0471. The van der Waals surface area contributed by atoms with E-state index >= 15 is 0 Å². The maximum Gasteiger partial charge on any atom is 0.243 e. The lowest BCUT2D eigenvalue weighted by Gasteiger charge is -2.31. The highest BCUT2D eigenvalue weighted by Crippen LogP contribution is 2.30. The van der Waals surface area contributed by atoms with E-state index in [1.807, 2.05) is 12.1 Å². The van der Waals surface area contributed by atoms with Crippen molar-refractivity contribution in [3.05, 3.63) is 29.8 Å². The maximum atomic E-state index is 12.9. The number of piperidine rings is 1. The minimum Gasteiger partial charge on any atom is -0.210 e. The van der Waals surface area contributed by atoms with Crippen molar-refractivity contribution in [2.45, 2.75) is 56.8 Å². The van der Waals surface area contributed by atoms with Crippen LogP contribution in [-0.4, -0.2) is 32.2 Å². The molecule has 23 heavy (non-hydrogen) atoms. The van der Waals surface area contributed by atoms with Gasteiger partial charge in [-0.3, -0.25) is 0 Å². The topological polar surface area (TPSA) is 37.4 Å². The Balaban J connectivity index is 2.23. The molecule has 1 aliphatic rings. The molecule has 1 aromatic carbocycles. The third kappa shape index (κ3) is 3.91. The van der Waals surface area contributed by atoms with Gasteiger partial charge in [0.15, 0.2) is 0 Å². The average Bonchev–Trinajstić information content (AvgIpc) is 2.55. The van der Waals surface area contributed by atoms with Crippen LogP contribution < -0.4 is 0 Å². The van der Waals surface area contributed by atoms with Crippen molar-refractivity contribution in [1.82, 2.24) is 4.31 Å². The molecule has 0 radical (unpaired) electrons. The van der Waals surface area contributed by atoms with Crippen molar-refractivity contribution < 1.29 is 17.2 Å². The van der Waals surface area contributed by atoms with Gasteiger partial charge in [0.05, 0.1) is 4.90 Å². The lowest BCUT2D eigenvalue weighted by Crippen LogP contribution is -2.41. The van der Waals surface area contributed by atoms with E-state index < -0.39 is 22.4 Å². The predicted octanol–water partition coefficient (Wildman–Crippen LogP) is 4.04. The summed E-state index contributed by atoms with van der Waals surface area (Å²) in [6.07, 6.45) is -0.662. The summed E-state index contributed by atoms with van der Waals surface area (Å²) in [5, 5.41) is 0. The minimum absolute atomic E-state index is 0.0197. The van der Waals surface area contributed by atoms with Crippen molar-refractivity contribution in [3.63, 3.8) is 0 Å². The van der Waals surface area contributed by atoms with Crippen molar-refractivity contribution in [2.75, 3.05) is 13.1 Å². The van der Waals surface area contributed by atoms with Crippen LogP contribution in [0.2, 0.25) is 0 Å². The monoisotopic (exact) mass is 345 g/mol. The molecule has 1 aromatic rings. The number of halogens is 2. The zero-order valence-corrected chi connectivity index (χ0v) is 14.7. The van der Waals surface area contributed by atoms with E-state index in [2.05, 4.69) is 20.8 Å². The van der Waals surface area contributed by atoms with Crippen LogP contribution in [0.3, 0.4) is 0 Å². The van der Waals surface area contributed by atoms with Crippen LogP contribution in [0.1, 0.15) is 45.6 Å².